The standard InChI is InChI=1S/C23H19BrFN3O3/c24-18-10-4-1-7-15(18)23(31)28-20-12-6-3-9-17(20)22(30)27-14-13-26-21(29)16-8-2-5-11-19(16)25/h1-12H,13-14H2,(H,26,29)(H,27,30)(H,28,31). The Morgan fingerprint density at radius 3 is 1.84 bits per heavy atom. The second kappa shape index (κ2) is 10.5. The van der Waals surface area contributed by atoms with Gasteiger partial charge in [-0.3, -0.25) is 14.4 Å². The van der Waals surface area contributed by atoms with Gasteiger partial charge in [-0.1, -0.05) is 36.4 Å². The molecule has 0 radical (unpaired) electrons. The predicted octanol–water partition coefficient (Wildman–Crippen LogP) is 4.00. The molecule has 3 N–H and O–H groups in total. The summed E-state index contributed by atoms with van der Waals surface area (Å²) >= 11 is 3.33. The van der Waals surface area contributed by atoms with Gasteiger partial charge in [0.1, 0.15) is 5.82 Å². The number of hydrogen-bond donors (Lipinski definition) is 3. The molecule has 0 aliphatic carbocycles. The lowest BCUT2D eigenvalue weighted by molar-refractivity contribution is 0.0925. The molecule has 31 heavy (non-hydrogen) atoms. The molecule has 0 fully saturated rings. The second-order valence-electron chi connectivity index (χ2n) is 6.47. The van der Waals surface area contributed by atoms with Gasteiger partial charge < -0.3 is 16.0 Å². The van der Waals surface area contributed by atoms with E-state index in [-0.39, 0.29) is 30.1 Å². The molecule has 3 aromatic rings. The van der Waals surface area contributed by atoms with Gasteiger partial charge in [0.2, 0.25) is 0 Å². The summed E-state index contributed by atoms with van der Waals surface area (Å²) in [6.45, 7) is 0.246. The molecule has 0 bridgehead atoms. The first-order chi connectivity index (χ1) is 15.0. The molecule has 3 aromatic carbocycles. The van der Waals surface area contributed by atoms with Gasteiger partial charge in [-0.15, -0.1) is 0 Å². The fourth-order valence-corrected chi connectivity index (χ4v) is 3.28. The summed E-state index contributed by atoms with van der Waals surface area (Å²) < 4.78 is 14.3. The van der Waals surface area contributed by atoms with Crippen molar-refractivity contribution in [1.82, 2.24) is 10.6 Å². The molecule has 6 nitrogen and oxygen atoms in total. The smallest absolute Gasteiger partial charge is 0.256 e. The highest BCUT2D eigenvalue weighted by Gasteiger charge is 2.15. The number of carbonyl (C=O) groups excluding carboxylic acids is 3. The zero-order valence-electron chi connectivity index (χ0n) is 16.3. The van der Waals surface area contributed by atoms with Crippen molar-refractivity contribution in [3.8, 4) is 0 Å². The first-order valence-corrected chi connectivity index (χ1v) is 10.2. The van der Waals surface area contributed by atoms with Crippen molar-refractivity contribution in [3.63, 3.8) is 0 Å². The number of nitrogens with one attached hydrogen (secondary N) is 3. The van der Waals surface area contributed by atoms with Crippen molar-refractivity contribution in [2.45, 2.75) is 0 Å². The molecular formula is C23H19BrFN3O3. The molecule has 0 aromatic heterocycles. The van der Waals surface area contributed by atoms with E-state index in [0.717, 1.165) is 0 Å². The van der Waals surface area contributed by atoms with E-state index in [4.69, 9.17) is 0 Å². The van der Waals surface area contributed by atoms with Gasteiger partial charge in [0.25, 0.3) is 17.7 Å². The van der Waals surface area contributed by atoms with Crippen LogP contribution in [0.2, 0.25) is 0 Å². The molecule has 8 heteroatoms. The maximum Gasteiger partial charge on any atom is 0.256 e. The maximum atomic E-state index is 13.6. The average Bonchev–Trinajstić information content (AvgIpc) is 2.77. The summed E-state index contributed by atoms with van der Waals surface area (Å²) in [5.41, 5.74) is 1.02. The second-order valence-corrected chi connectivity index (χ2v) is 7.33. The lowest BCUT2D eigenvalue weighted by Crippen LogP contribution is -2.35. The Balaban J connectivity index is 1.57. The van der Waals surface area contributed by atoms with Crippen LogP contribution >= 0.6 is 15.9 Å². The number of benzene rings is 3. The summed E-state index contributed by atoms with van der Waals surface area (Å²) in [5.74, 6) is -1.94. The van der Waals surface area contributed by atoms with Crippen LogP contribution in [0.4, 0.5) is 10.1 Å². The number of amides is 3. The van der Waals surface area contributed by atoms with Gasteiger partial charge >= 0.3 is 0 Å². The first kappa shape index (κ1) is 22.2. The van der Waals surface area contributed by atoms with Crippen molar-refractivity contribution in [2.75, 3.05) is 18.4 Å². The van der Waals surface area contributed by atoms with E-state index in [1.54, 1.807) is 54.6 Å². The molecule has 0 heterocycles. The van der Waals surface area contributed by atoms with Crippen LogP contribution in [0.3, 0.4) is 0 Å². The van der Waals surface area contributed by atoms with Gasteiger partial charge in [0.05, 0.1) is 22.4 Å². The van der Waals surface area contributed by atoms with E-state index in [1.807, 2.05) is 0 Å². The SMILES string of the molecule is O=C(NCCNC(=O)c1ccccc1NC(=O)c1ccccc1Br)c1ccccc1F. The number of rotatable bonds is 7. The highest BCUT2D eigenvalue weighted by Crippen LogP contribution is 2.20. The maximum absolute atomic E-state index is 13.6. The number of anilines is 1. The van der Waals surface area contributed by atoms with E-state index in [2.05, 4.69) is 31.9 Å². The van der Waals surface area contributed by atoms with Crippen LogP contribution in [0, 0.1) is 5.82 Å². The minimum atomic E-state index is -0.612. The number of hydrogen-bond acceptors (Lipinski definition) is 3. The Morgan fingerprint density at radius 2 is 1.19 bits per heavy atom. The summed E-state index contributed by atoms with van der Waals surface area (Å²) in [4.78, 5) is 37.1. The van der Waals surface area contributed by atoms with E-state index >= 15 is 0 Å². The van der Waals surface area contributed by atoms with Crippen molar-refractivity contribution < 1.29 is 18.8 Å². The van der Waals surface area contributed by atoms with E-state index in [0.29, 0.717) is 15.7 Å². The molecule has 3 rings (SSSR count). The highest BCUT2D eigenvalue weighted by molar-refractivity contribution is 9.10. The van der Waals surface area contributed by atoms with E-state index in [9.17, 15) is 18.8 Å². The lowest BCUT2D eigenvalue weighted by Gasteiger charge is -2.12. The summed E-state index contributed by atoms with van der Waals surface area (Å²) in [6.07, 6.45) is 0. The van der Waals surface area contributed by atoms with Crippen LogP contribution in [-0.4, -0.2) is 30.8 Å². The number of para-hydroxylation sites is 1. The van der Waals surface area contributed by atoms with Crippen LogP contribution in [0.5, 0.6) is 0 Å². The van der Waals surface area contributed by atoms with Crippen molar-refractivity contribution in [1.29, 1.82) is 0 Å². The Bertz CT molecular complexity index is 1120. The van der Waals surface area contributed by atoms with Crippen LogP contribution in [0.25, 0.3) is 0 Å². The zero-order chi connectivity index (χ0) is 22.2. The number of carbonyl (C=O) groups is 3. The van der Waals surface area contributed by atoms with E-state index < -0.39 is 17.6 Å². The molecule has 3 amide bonds. The largest absolute Gasteiger partial charge is 0.350 e. The van der Waals surface area contributed by atoms with Gasteiger partial charge in [-0.25, -0.2) is 4.39 Å². The molecule has 0 atom stereocenters. The van der Waals surface area contributed by atoms with Crippen molar-refractivity contribution in [3.05, 3.63) is 99.8 Å². The van der Waals surface area contributed by atoms with Gasteiger partial charge in [0, 0.05) is 17.6 Å². The van der Waals surface area contributed by atoms with E-state index in [1.165, 1.54) is 18.2 Å². The zero-order valence-corrected chi connectivity index (χ0v) is 17.9. The van der Waals surface area contributed by atoms with Crippen LogP contribution in [0.1, 0.15) is 31.1 Å². The molecule has 0 unspecified atom stereocenters. The summed E-state index contributed by atoms with van der Waals surface area (Å²) in [5, 5.41) is 7.97. The van der Waals surface area contributed by atoms with Crippen LogP contribution in [0.15, 0.2) is 77.3 Å². The normalized spacial score (nSPS) is 10.3. The lowest BCUT2D eigenvalue weighted by atomic mass is 10.1. The van der Waals surface area contributed by atoms with Gasteiger partial charge in [0.15, 0.2) is 0 Å². The third-order valence-corrected chi connectivity index (χ3v) is 5.04. The average molecular weight is 484 g/mol. The molecular weight excluding hydrogens is 465 g/mol. The summed E-state index contributed by atoms with van der Waals surface area (Å²) in [6, 6.07) is 19.2. The Morgan fingerprint density at radius 1 is 0.677 bits per heavy atom. The quantitative estimate of drug-likeness (QED) is 0.443. The highest BCUT2D eigenvalue weighted by atomic mass is 79.9. The third kappa shape index (κ3) is 5.76. The van der Waals surface area contributed by atoms with Crippen LogP contribution < -0.4 is 16.0 Å². The minimum absolute atomic E-state index is 0.0612. The first-order valence-electron chi connectivity index (χ1n) is 9.43. The molecule has 0 saturated carbocycles. The van der Waals surface area contributed by atoms with Gasteiger partial charge in [-0.05, 0) is 52.3 Å². The fourth-order valence-electron chi connectivity index (χ4n) is 2.81. The van der Waals surface area contributed by atoms with Crippen LogP contribution in [-0.2, 0) is 0 Å². The molecule has 0 aliphatic rings. The van der Waals surface area contributed by atoms with Crippen molar-refractivity contribution in [2.24, 2.45) is 0 Å². The Hall–Kier alpha value is -3.52. The van der Waals surface area contributed by atoms with Crippen molar-refractivity contribution >= 4 is 39.3 Å². The van der Waals surface area contributed by atoms with Gasteiger partial charge in [-0.2, -0.15) is 0 Å². The monoisotopic (exact) mass is 483 g/mol. The topological polar surface area (TPSA) is 87.3 Å². The minimum Gasteiger partial charge on any atom is -0.350 e. The fraction of sp³-hybridized carbons (Fsp3) is 0.0870. The number of halogens is 2. The predicted molar refractivity (Wildman–Crippen MR) is 120 cm³/mol. The molecule has 0 spiro atoms. The Labute approximate surface area is 187 Å². The third-order valence-electron chi connectivity index (χ3n) is 4.35. The summed E-state index contributed by atoms with van der Waals surface area (Å²) in [7, 11) is 0. The molecule has 0 aliphatic heterocycles. The molecule has 158 valence electrons. The Kier molecular flexibility index (Phi) is 7.50. The molecule has 0 saturated heterocycles.